The second-order valence-electron chi connectivity index (χ2n) is 9.54. The van der Waals surface area contributed by atoms with E-state index < -0.39 is 13.4 Å². The van der Waals surface area contributed by atoms with Crippen molar-refractivity contribution < 1.29 is 23.1 Å². The molecule has 1 aliphatic heterocycles. The molecule has 0 bridgehead atoms. The van der Waals surface area contributed by atoms with Crippen LogP contribution in [0.1, 0.15) is 63.4 Å². The van der Waals surface area contributed by atoms with Gasteiger partial charge >= 0.3 is 13.6 Å². The van der Waals surface area contributed by atoms with Crippen LogP contribution in [0.2, 0.25) is 0 Å². The molecule has 36 heavy (non-hydrogen) atoms. The Bertz CT molecular complexity index is 1140. The van der Waals surface area contributed by atoms with Crippen molar-refractivity contribution in [2.45, 2.75) is 64.7 Å². The third-order valence-corrected chi connectivity index (χ3v) is 8.50. The number of esters is 1. The lowest BCUT2D eigenvalue weighted by molar-refractivity contribution is -0.131. The molecule has 4 rings (SSSR count). The summed E-state index contributed by atoms with van der Waals surface area (Å²) in [4.78, 5) is 13.6. The minimum absolute atomic E-state index is 0.157. The Labute approximate surface area is 213 Å². The van der Waals surface area contributed by atoms with E-state index in [1.165, 1.54) is 6.92 Å². The average Bonchev–Trinajstić information content (AvgIpc) is 3.56. The first kappa shape index (κ1) is 26.3. The summed E-state index contributed by atoms with van der Waals surface area (Å²) in [5, 5.41) is 0. The lowest BCUT2D eigenvalue weighted by Crippen LogP contribution is -2.18. The minimum atomic E-state index is -3.56. The number of benzene rings is 3. The molecule has 3 aromatic rings. The Balaban J connectivity index is 1.81. The van der Waals surface area contributed by atoms with E-state index in [0.717, 1.165) is 16.7 Å². The van der Waals surface area contributed by atoms with Gasteiger partial charge in [-0.1, -0.05) is 72.8 Å². The molecule has 7 heteroatoms. The summed E-state index contributed by atoms with van der Waals surface area (Å²) < 4.78 is 31.8. The molecule has 1 saturated heterocycles. The van der Waals surface area contributed by atoms with Gasteiger partial charge in [0.2, 0.25) is 0 Å². The molecule has 0 aromatic heterocycles. The van der Waals surface area contributed by atoms with Crippen LogP contribution in [0, 0.1) is 0 Å². The third kappa shape index (κ3) is 5.96. The van der Waals surface area contributed by atoms with Gasteiger partial charge in [0.15, 0.2) is 0 Å². The molecule has 190 valence electrons. The molecule has 1 heterocycles. The Hall–Kier alpha value is -2.76. The summed E-state index contributed by atoms with van der Waals surface area (Å²) in [5.74, 6) is -0.382. The number of hydrogen-bond acceptors (Lipinski definition) is 6. The van der Waals surface area contributed by atoms with Gasteiger partial charge in [0.25, 0.3) is 0 Å². The summed E-state index contributed by atoms with van der Waals surface area (Å²) in [5.41, 5.74) is 3.13. The SMILES string of the molecule is CC(=O)Oc1ccc([C@@H]2[C@H](P(=O)(OC(C)C)OC(C)C)N2C(c2ccccc2)c2ccccc2)cc1. The number of carbonyl (C=O) groups excluding carboxylic acids is 1. The predicted molar refractivity (Wildman–Crippen MR) is 141 cm³/mol. The van der Waals surface area contributed by atoms with Crippen LogP contribution in [0.3, 0.4) is 0 Å². The summed E-state index contributed by atoms with van der Waals surface area (Å²) >= 11 is 0. The van der Waals surface area contributed by atoms with Crippen molar-refractivity contribution in [1.29, 1.82) is 0 Å². The van der Waals surface area contributed by atoms with Gasteiger partial charge in [0.1, 0.15) is 11.5 Å². The molecule has 0 saturated carbocycles. The number of carbonyl (C=O) groups is 1. The van der Waals surface area contributed by atoms with Crippen LogP contribution < -0.4 is 4.74 Å². The molecule has 3 atom stereocenters. The van der Waals surface area contributed by atoms with Crippen molar-refractivity contribution in [3.05, 3.63) is 102 Å². The molecule has 1 aliphatic rings. The molecule has 6 nitrogen and oxygen atoms in total. The van der Waals surface area contributed by atoms with Gasteiger partial charge in [0, 0.05) is 6.92 Å². The third-order valence-electron chi connectivity index (χ3n) is 5.87. The number of rotatable bonds is 10. The van der Waals surface area contributed by atoms with E-state index >= 15 is 0 Å². The second kappa shape index (κ2) is 11.1. The predicted octanol–water partition coefficient (Wildman–Crippen LogP) is 7.13. The van der Waals surface area contributed by atoms with Crippen LogP contribution in [0.25, 0.3) is 0 Å². The molecule has 0 N–H and O–H groups in total. The van der Waals surface area contributed by atoms with Gasteiger partial charge in [-0.15, -0.1) is 0 Å². The fourth-order valence-corrected chi connectivity index (χ4v) is 7.35. The largest absolute Gasteiger partial charge is 0.427 e. The Morgan fingerprint density at radius 3 is 1.67 bits per heavy atom. The highest BCUT2D eigenvalue weighted by molar-refractivity contribution is 7.55. The van der Waals surface area contributed by atoms with E-state index in [0.29, 0.717) is 5.75 Å². The number of nitrogens with zero attached hydrogens (tertiary/aromatic N) is 1. The van der Waals surface area contributed by atoms with Crippen molar-refractivity contribution in [3.8, 4) is 5.75 Å². The van der Waals surface area contributed by atoms with E-state index in [1.54, 1.807) is 12.1 Å². The highest BCUT2D eigenvalue weighted by Crippen LogP contribution is 2.71. The van der Waals surface area contributed by atoms with E-state index in [1.807, 2.05) is 76.2 Å². The Kier molecular flexibility index (Phi) is 8.11. The van der Waals surface area contributed by atoms with Crippen molar-refractivity contribution in [2.75, 3.05) is 0 Å². The molecular formula is C29H34NO5P. The van der Waals surface area contributed by atoms with Crippen molar-refractivity contribution in [2.24, 2.45) is 0 Å². The Morgan fingerprint density at radius 2 is 1.25 bits per heavy atom. The normalized spacial score (nSPS) is 19.6. The van der Waals surface area contributed by atoms with E-state index in [4.69, 9.17) is 13.8 Å². The zero-order valence-electron chi connectivity index (χ0n) is 21.4. The number of ether oxygens (including phenoxy) is 1. The molecule has 3 aromatic carbocycles. The molecule has 0 spiro atoms. The quantitative estimate of drug-likeness (QED) is 0.126. The van der Waals surface area contributed by atoms with E-state index in [-0.39, 0.29) is 30.3 Å². The molecule has 1 fully saturated rings. The highest BCUT2D eigenvalue weighted by atomic mass is 31.2. The van der Waals surface area contributed by atoms with Gasteiger partial charge in [-0.2, -0.15) is 0 Å². The lowest BCUT2D eigenvalue weighted by atomic mass is 9.98. The number of hydrogen-bond donors (Lipinski definition) is 0. The topological polar surface area (TPSA) is 64.8 Å². The second-order valence-corrected chi connectivity index (χ2v) is 11.6. The minimum Gasteiger partial charge on any atom is -0.427 e. The van der Waals surface area contributed by atoms with Crippen molar-refractivity contribution >= 4 is 13.6 Å². The van der Waals surface area contributed by atoms with Crippen LogP contribution >= 0.6 is 7.60 Å². The summed E-state index contributed by atoms with van der Waals surface area (Å²) in [6.07, 6.45) is -0.535. The lowest BCUT2D eigenvalue weighted by Gasteiger charge is -2.25. The first-order valence-electron chi connectivity index (χ1n) is 12.3. The fraction of sp³-hybridized carbons (Fsp3) is 0.345. The monoisotopic (exact) mass is 507 g/mol. The molecular weight excluding hydrogens is 473 g/mol. The van der Waals surface area contributed by atoms with Crippen LogP contribution in [-0.2, 0) is 18.4 Å². The fourth-order valence-electron chi connectivity index (χ4n) is 4.67. The van der Waals surface area contributed by atoms with Gasteiger partial charge in [-0.05, 0) is 56.5 Å². The smallest absolute Gasteiger partial charge is 0.350 e. The van der Waals surface area contributed by atoms with Crippen LogP contribution in [0.4, 0.5) is 0 Å². The van der Waals surface area contributed by atoms with E-state index in [9.17, 15) is 9.36 Å². The van der Waals surface area contributed by atoms with E-state index in [2.05, 4.69) is 29.2 Å². The van der Waals surface area contributed by atoms with Crippen LogP contribution in [0.15, 0.2) is 84.9 Å². The van der Waals surface area contributed by atoms with Crippen molar-refractivity contribution in [1.82, 2.24) is 4.90 Å². The highest BCUT2D eigenvalue weighted by Gasteiger charge is 2.64. The Morgan fingerprint density at radius 1 is 0.778 bits per heavy atom. The summed E-state index contributed by atoms with van der Waals surface area (Å²) in [6, 6.07) is 27.4. The first-order valence-corrected chi connectivity index (χ1v) is 13.9. The maximum absolute atomic E-state index is 14.4. The van der Waals surface area contributed by atoms with Gasteiger partial charge in [0.05, 0.1) is 24.3 Å². The first-order chi connectivity index (χ1) is 17.2. The van der Waals surface area contributed by atoms with Crippen LogP contribution in [0.5, 0.6) is 5.75 Å². The van der Waals surface area contributed by atoms with Gasteiger partial charge < -0.3 is 13.8 Å². The standard InChI is InChI=1S/C29H34NO5P/c1-20(2)34-36(32,35-21(3)4)29-28(25-16-18-26(19-17-25)33-22(5)31)30(29)27(23-12-8-6-9-13-23)24-14-10-7-11-15-24/h6-21,27-29H,1-5H3/t28-,29+,30?/m1/s1. The summed E-state index contributed by atoms with van der Waals surface area (Å²) in [7, 11) is -3.56. The molecule has 0 amide bonds. The molecule has 1 unspecified atom stereocenters. The maximum Gasteiger partial charge on any atom is 0.350 e. The van der Waals surface area contributed by atoms with Crippen molar-refractivity contribution in [3.63, 3.8) is 0 Å². The summed E-state index contributed by atoms with van der Waals surface area (Å²) in [6.45, 7) is 8.87. The molecule has 0 aliphatic carbocycles. The average molecular weight is 508 g/mol. The van der Waals surface area contributed by atoms with Gasteiger partial charge in [-0.25, -0.2) is 0 Å². The van der Waals surface area contributed by atoms with Gasteiger partial charge in [-0.3, -0.25) is 14.3 Å². The maximum atomic E-state index is 14.4. The zero-order valence-corrected chi connectivity index (χ0v) is 22.3. The molecule has 0 radical (unpaired) electrons. The zero-order chi connectivity index (χ0) is 25.9. The van der Waals surface area contributed by atoms with Crippen LogP contribution in [-0.4, -0.2) is 28.9 Å².